The highest BCUT2D eigenvalue weighted by Gasteiger charge is 2.24. The Kier molecular flexibility index (Phi) is 4.23. The second-order valence-corrected chi connectivity index (χ2v) is 6.63. The SMILES string of the molecule is CC(OC(=O)Cc1cccs1)c1nc(C(C)(C)C)no1. The highest BCUT2D eigenvalue weighted by molar-refractivity contribution is 7.10. The van der Waals surface area contributed by atoms with Crippen LogP contribution in [-0.4, -0.2) is 16.1 Å². The summed E-state index contributed by atoms with van der Waals surface area (Å²) in [4.78, 5) is 17.0. The third-order valence-electron chi connectivity index (χ3n) is 2.67. The highest BCUT2D eigenvalue weighted by atomic mass is 32.1. The monoisotopic (exact) mass is 294 g/mol. The van der Waals surface area contributed by atoms with Gasteiger partial charge in [0.1, 0.15) is 0 Å². The first-order chi connectivity index (χ1) is 9.36. The van der Waals surface area contributed by atoms with Crippen LogP contribution in [0.2, 0.25) is 0 Å². The Morgan fingerprint density at radius 2 is 2.25 bits per heavy atom. The molecule has 0 fully saturated rings. The van der Waals surface area contributed by atoms with E-state index in [2.05, 4.69) is 10.1 Å². The van der Waals surface area contributed by atoms with E-state index >= 15 is 0 Å². The number of hydrogen-bond acceptors (Lipinski definition) is 6. The van der Waals surface area contributed by atoms with Crippen molar-refractivity contribution >= 4 is 17.3 Å². The van der Waals surface area contributed by atoms with Crippen molar-refractivity contribution in [3.05, 3.63) is 34.1 Å². The maximum absolute atomic E-state index is 11.8. The van der Waals surface area contributed by atoms with Gasteiger partial charge in [0.05, 0.1) is 6.42 Å². The molecule has 1 unspecified atom stereocenters. The normalized spacial score (nSPS) is 13.2. The first-order valence-corrected chi connectivity index (χ1v) is 7.30. The van der Waals surface area contributed by atoms with E-state index in [1.807, 2.05) is 38.3 Å². The van der Waals surface area contributed by atoms with Gasteiger partial charge in [0.2, 0.25) is 0 Å². The second kappa shape index (κ2) is 5.75. The minimum absolute atomic E-state index is 0.192. The van der Waals surface area contributed by atoms with E-state index in [0.717, 1.165) is 4.88 Å². The lowest BCUT2D eigenvalue weighted by atomic mass is 9.96. The molecule has 2 aromatic heterocycles. The molecular weight excluding hydrogens is 276 g/mol. The van der Waals surface area contributed by atoms with Crippen molar-refractivity contribution in [2.75, 3.05) is 0 Å². The number of thiophene rings is 1. The van der Waals surface area contributed by atoms with Crippen molar-refractivity contribution in [1.29, 1.82) is 0 Å². The van der Waals surface area contributed by atoms with E-state index in [0.29, 0.717) is 11.7 Å². The van der Waals surface area contributed by atoms with Gasteiger partial charge in [0, 0.05) is 10.3 Å². The van der Waals surface area contributed by atoms with Crippen LogP contribution in [0.4, 0.5) is 0 Å². The van der Waals surface area contributed by atoms with E-state index in [1.165, 1.54) is 11.3 Å². The van der Waals surface area contributed by atoms with Gasteiger partial charge in [0.25, 0.3) is 5.89 Å². The minimum atomic E-state index is -0.536. The maximum Gasteiger partial charge on any atom is 0.311 e. The average molecular weight is 294 g/mol. The van der Waals surface area contributed by atoms with Crippen LogP contribution in [0.1, 0.15) is 50.4 Å². The molecule has 6 heteroatoms. The molecule has 2 aromatic rings. The Balaban J connectivity index is 1.96. The second-order valence-electron chi connectivity index (χ2n) is 5.59. The third kappa shape index (κ3) is 3.66. The zero-order chi connectivity index (χ0) is 14.8. The zero-order valence-corrected chi connectivity index (χ0v) is 12.9. The van der Waals surface area contributed by atoms with Crippen LogP contribution in [0, 0.1) is 0 Å². The number of ether oxygens (including phenoxy) is 1. The number of hydrogen-bond donors (Lipinski definition) is 0. The number of esters is 1. The van der Waals surface area contributed by atoms with Gasteiger partial charge in [-0.2, -0.15) is 4.98 Å². The van der Waals surface area contributed by atoms with Gasteiger partial charge in [-0.15, -0.1) is 11.3 Å². The fourth-order valence-electron chi connectivity index (χ4n) is 1.55. The lowest BCUT2D eigenvalue weighted by Gasteiger charge is -2.11. The molecule has 0 radical (unpaired) electrons. The standard InChI is InChI=1S/C14H18N2O3S/c1-9(12-15-13(16-19-12)14(2,3)4)18-11(17)8-10-6-5-7-20-10/h5-7,9H,8H2,1-4H3. The molecule has 0 aliphatic heterocycles. The molecule has 0 saturated carbocycles. The fraction of sp³-hybridized carbons (Fsp3) is 0.500. The number of rotatable bonds is 4. The average Bonchev–Trinajstić information content (AvgIpc) is 2.97. The lowest BCUT2D eigenvalue weighted by molar-refractivity contribution is -0.148. The van der Waals surface area contributed by atoms with Gasteiger partial charge in [-0.1, -0.05) is 32.0 Å². The Morgan fingerprint density at radius 1 is 1.50 bits per heavy atom. The molecule has 0 aliphatic carbocycles. The molecule has 2 heterocycles. The van der Waals surface area contributed by atoms with Crippen molar-refractivity contribution in [3.8, 4) is 0 Å². The molecule has 108 valence electrons. The summed E-state index contributed by atoms with van der Waals surface area (Å²) in [5.41, 5.74) is -0.192. The molecule has 0 saturated heterocycles. The predicted molar refractivity (Wildman–Crippen MR) is 75.5 cm³/mol. The summed E-state index contributed by atoms with van der Waals surface area (Å²) in [6.45, 7) is 7.71. The number of carbonyl (C=O) groups is 1. The summed E-state index contributed by atoms with van der Waals surface area (Å²) in [5.74, 6) is 0.638. The van der Waals surface area contributed by atoms with Gasteiger partial charge in [-0.05, 0) is 18.4 Å². The van der Waals surface area contributed by atoms with Crippen molar-refractivity contribution < 1.29 is 14.1 Å². The van der Waals surface area contributed by atoms with Crippen LogP contribution in [-0.2, 0) is 21.4 Å². The molecule has 2 rings (SSSR count). The van der Waals surface area contributed by atoms with Crippen LogP contribution in [0.5, 0.6) is 0 Å². The van der Waals surface area contributed by atoms with Gasteiger partial charge >= 0.3 is 5.97 Å². The molecule has 1 atom stereocenters. The summed E-state index contributed by atoms with van der Waals surface area (Å²) < 4.78 is 10.5. The van der Waals surface area contributed by atoms with Crippen molar-refractivity contribution in [1.82, 2.24) is 10.1 Å². The van der Waals surface area contributed by atoms with Gasteiger partial charge in [-0.3, -0.25) is 4.79 Å². The Hall–Kier alpha value is -1.69. The van der Waals surface area contributed by atoms with Crippen LogP contribution in [0.25, 0.3) is 0 Å². The predicted octanol–water partition coefficient (Wildman–Crippen LogP) is 3.28. The molecule has 0 aromatic carbocycles. The quantitative estimate of drug-likeness (QED) is 0.810. The minimum Gasteiger partial charge on any atom is -0.452 e. The molecule has 0 N–H and O–H groups in total. The summed E-state index contributed by atoms with van der Waals surface area (Å²) in [6, 6.07) is 3.81. The fourth-order valence-corrected chi connectivity index (χ4v) is 2.24. The summed E-state index contributed by atoms with van der Waals surface area (Å²) >= 11 is 1.53. The first-order valence-electron chi connectivity index (χ1n) is 6.42. The molecule has 0 spiro atoms. The molecule has 20 heavy (non-hydrogen) atoms. The zero-order valence-electron chi connectivity index (χ0n) is 12.0. The van der Waals surface area contributed by atoms with Crippen LogP contribution in [0.15, 0.2) is 22.0 Å². The lowest BCUT2D eigenvalue weighted by Crippen LogP contribution is -2.14. The number of nitrogens with zero attached hydrogens (tertiary/aromatic N) is 2. The number of aromatic nitrogens is 2. The smallest absolute Gasteiger partial charge is 0.311 e. The van der Waals surface area contributed by atoms with Crippen molar-refractivity contribution in [3.63, 3.8) is 0 Å². The Morgan fingerprint density at radius 3 is 2.80 bits per heavy atom. The Labute approximate surface area is 122 Å². The third-order valence-corrected chi connectivity index (χ3v) is 3.54. The first kappa shape index (κ1) is 14.7. The van der Waals surface area contributed by atoms with Crippen molar-refractivity contribution in [2.45, 2.75) is 45.6 Å². The van der Waals surface area contributed by atoms with Crippen LogP contribution >= 0.6 is 11.3 Å². The maximum atomic E-state index is 11.8. The largest absolute Gasteiger partial charge is 0.452 e. The summed E-state index contributed by atoms with van der Waals surface area (Å²) in [6.07, 6.45) is -0.270. The van der Waals surface area contributed by atoms with Crippen molar-refractivity contribution in [2.24, 2.45) is 0 Å². The van der Waals surface area contributed by atoms with Gasteiger partial charge in [-0.25, -0.2) is 0 Å². The van der Waals surface area contributed by atoms with E-state index in [9.17, 15) is 4.79 Å². The molecule has 0 aliphatic rings. The number of carbonyl (C=O) groups excluding carboxylic acids is 1. The van der Waals surface area contributed by atoms with E-state index < -0.39 is 6.10 Å². The van der Waals surface area contributed by atoms with E-state index in [1.54, 1.807) is 6.92 Å². The van der Waals surface area contributed by atoms with Gasteiger partial charge in [0.15, 0.2) is 11.9 Å². The topological polar surface area (TPSA) is 65.2 Å². The van der Waals surface area contributed by atoms with Crippen LogP contribution < -0.4 is 0 Å². The molecular formula is C14H18N2O3S. The summed E-state index contributed by atoms with van der Waals surface area (Å²) in [5, 5.41) is 5.85. The van der Waals surface area contributed by atoms with E-state index in [-0.39, 0.29) is 17.8 Å². The molecule has 5 nitrogen and oxygen atoms in total. The Bertz CT molecular complexity index is 570. The van der Waals surface area contributed by atoms with Crippen LogP contribution in [0.3, 0.4) is 0 Å². The molecule has 0 amide bonds. The molecule has 0 bridgehead atoms. The van der Waals surface area contributed by atoms with Gasteiger partial charge < -0.3 is 9.26 Å². The summed E-state index contributed by atoms with van der Waals surface area (Å²) in [7, 11) is 0. The van der Waals surface area contributed by atoms with E-state index in [4.69, 9.17) is 9.26 Å². The highest BCUT2D eigenvalue weighted by Crippen LogP contribution is 2.22.